The summed E-state index contributed by atoms with van der Waals surface area (Å²) in [6.45, 7) is 17.6. The van der Waals surface area contributed by atoms with Gasteiger partial charge in [0.15, 0.2) is 0 Å². The molecule has 0 fully saturated rings. The molecule has 23 heavy (non-hydrogen) atoms. The predicted octanol–water partition coefficient (Wildman–Crippen LogP) is 7.59. The van der Waals surface area contributed by atoms with Crippen molar-refractivity contribution in [1.29, 1.82) is 0 Å². The fourth-order valence-electron chi connectivity index (χ4n) is 3.79. The van der Waals surface area contributed by atoms with Gasteiger partial charge in [-0.15, -0.1) is 0 Å². The van der Waals surface area contributed by atoms with E-state index in [0.29, 0.717) is 0 Å². The molecule has 0 aromatic carbocycles. The van der Waals surface area contributed by atoms with E-state index in [1.165, 1.54) is 83.6 Å². The van der Waals surface area contributed by atoms with Crippen molar-refractivity contribution < 1.29 is 0 Å². The molecule has 1 nitrogen and oxygen atoms in total. The van der Waals surface area contributed by atoms with Gasteiger partial charge in [0.1, 0.15) is 0 Å². The van der Waals surface area contributed by atoms with Gasteiger partial charge in [0.2, 0.25) is 0 Å². The zero-order valence-corrected chi connectivity index (χ0v) is 17.6. The molecular formula is C22H47N. The van der Waals surface area contributed by atoms with Gasteiger partial charge in [-0.25, -0.2) is 0 Å². The molecule has 0 saturated heterocycles. The summed E-state index contributed by atoms with van der Waals surface area (Å²) in [4.78, 5) is 2.66. The Morgan fingerprint density at radius 3 is 1.09 bits per heavy atom. The quantitative estimate of drug-likeness (QED) is 0.315. The molecule has 0 aliphatic carbocycles. The molecule has 0 saturated carbocycles. The highest BCUT2D eigenvalue weighted by molar-refractivity contribution is 4.86. The Kier molecular flexibility index (Phi) is 12.3. The van der Waals surface area contributed by atoms with Crippen LogP contribution >= 0.6 is 0 Å². The standard InChI is InChI=1S/C22H47N/c1-8-9-10-11-12-13-14-15-16-17-18-19-20-23(21(2,3)4)22(5,6)7/h8-20H2,1-7H3. The summed E-state index contributed by atoms with van der Waals surface area (Å²) in [5, 5.41) is 0. The number of nitrogens with zero attached hydrogens (tertiary/aromatic N) is 1. The van der Waals surface area contributed by atoms with Gasteiger partial charge in [-0.2, -0.15) is 0 Å². The van der Waals surface area contributed by atoms with Gasteiger partial charge in [-0.1, -0.05) is 77.6 Å². The smallest absolute Gasteiger partial charge is 0.0130 e. The lowest BCUT2D eigenvalue weighted by Gasteiger charge is -2.45. The van der Waals surface area contributed by atoms with Crippen LogP contribution in [0.15, 0.2) is 0 Å². The highest BCUT2D eigenvalue weighted by Crippen LogP contribution is 2.25. The first-order chi connectivity index (χ1) is 10.7. The fourth-order valence-corrected chi connectivity index (χ4v) is 3.79. The van der Waals surface area contributed by atoms with Gasteiger partial charge in [-0.05, 0) is 54.5 Å². The van der Waals surface area contributed by atoms with Crippen LogP contribution in [-0.2, 0) is 0 Å². The second-order valence-electron chi connectivity index (χ2n) is 9.38. The van der Waals surface area contributed by atoms with Crippen LogP contribution in [0.4, 0.5) is 0 Å². The second-order valence-corrected chi connectivity index (χ2v) is 9.38. The molecule has 0 aliphatic heterocycles. The molecule has 1 heteroatoms. The Morgan fingerprint density at radius 1 is 0.478 bits per heavy atom. The van der Waals surface area contributed by atoms with Gasteiger partial charge in [0, 0.05) is 11.1 Å². The summed E-state index contributed by atoms with van der Waals surface area (Å²) >= 11 is 0. The summed E-state index contributed by atoms with van der Waals surface area (Å²) in [6.07, 6.45) is 17.2. The van der Waals surface area contributed by atoms with Crippen molar-refractivity contribution in [1.82, 2.24) is 4.90 Å². The average molecular weight is 326 g/mol. The molecular weight excluding hydrogens is 278 g/mol. The topological polar surface area (TPSA) is 3.24 Å². The first-order valence-electron chi connectivity index (χ1n) is 10.5. The largest absolute Gasteiger partial charge is 0.294 e. The average Bonchev–Trinajstić information content (AvgIpc) is 2.41. The van der Waals surface area contributed by atoms with Crippen LogP contribution in [0.1, 0.15) is 126 Å². The molecule has 0 amide bonds. The van der Waals surface area contributed by atoms with Crippen LogP contribution in [0.2, 0.25) is 0 Å². The van der Waals surface area contributed by atoms with E-state index in [0.717, 1.165) is 0 Å². The van der Waals surface area contributed by atoms with E-state index in [-0.39, 0.29) is 11.1 Å². The number of hydrogen-bond acceptors (Lipinski definition) is 1. The Hall–Kier alpha value is -0.0400. The fraction of sp³-hybridized carbons (Fsp3) is 1.00. The van der Waals surface area contributed by atoms with Crippen LogP contribution in [0.3, 0.4) is 0 Å². The van der Waals surface area contributed by atoms with E-state index in [9.17, 15) is 0 Å². The SMILES string of the molecule is CCCCCCCCCCCCCCN(C(C)(C)C)C(C)(C)C. The zero-order valence-electron chi connectivity index (χ0n) is 17.6. The molecule has 0 aliphatic rings. The molecule has 0 aromatic rings. The lowest BCUT2D eigenvalue weighted by Crippen LogP contribution is -2.52. The Labute approximate surface area is 148 Å². The van der Waals surface area contributed by atoms with Crippen molar-refractivity contribution in [2.24, 2.45) is 0 Å². The van der Waals surface area contributed by atoms with E-state index in [4.69, 9.17) is 0 Å². The second kappa shape index (κ2) is 12.3. The maximum Gasteiger partial charge on any atom is 0.0130 e. The highest BCUT2D eigenvalue weighted by Gasteiger charge is 2.30. The molecule has 0 aromatic heterocycles. The van der Waals surface area contributed by atoms with Crippen molar-refractivity contribution in [3.63, 3.8) is 0 Å². The van der Waals surface area contributed by atoms with Crippen molar-refractivity contribution in [3.8, 4) is 0 Å². The minimum absolute atomic E-state index is 0.274. The normalized spacial score (nSPS) is 13.0. The Morgan fingerprint density at radius 2 is 0.783 bits per heavy atom. The molecule has 140 valence electrons. The maximum absolute atomic E-state index is 2.66. The van der Waals surface area contributed by atoms with Crippen LogP contribution < -0.4 is 0 Å². The van der Waals surface area contributed by atoms with E-state index in [1.54, 1.807) is 0 Å². The maximum atomic E-state index is 2.66. The van der Waals surface area contributed by atoms with Crippen LogP contribution in [-0.4, -0.2) is 22.5 Å². The first kappa shape index (κ1) is 23.0. The van der Waals surface area contributed by atoms with Gasteiger partial charge < -0.3 is 0 Å². The van der Waals surface area contributed by atoms with E-state index in [1.807, 2.05) is 0 Å². The molecule has 0 N–H and O–H groups in total. The van der Waals surface area contributed by atoms with Crippen molar-refractivity contribution in [2.75, 3.05) is 6.54 Å². The highest BCUT2D eigenvalue weighted by atomic mass is 15.2. The van der Waals surface area contributed by atoms with E-state index in [2.05, 4.69) is 53.4 Å². The third-order valence-electron chi connectivity index (χ3n) is 4.85. The molecule has 0 atom stereocenters. The monoisotopic (exact) mass is 325 g/mol. The van der Waals surface area contributed by atoms with Crippen LogP contribution in [0.25, 0.3) is 0 Å². The first-order valence-corrected chi connectivity index (χ1v) is 10.5. The van der Waals surface area contributed by atoms with Crippen molar-refractivity contribution >= 4 is 0 Å². The summed E-state index contributed by atoms with van der Waals surface area (Å²) in [7, 11) is 0. The zero-order chi connectivity index (χ0) is 17.8. The van der Waals surface area contributed by atoms with E-state index >= 15 is 0 Å². The van der Waals surface area contributed by atoms with Gasteiger partial charge in [0.25, 0.3) is 0 Å². The number of hydrogen-bond donors (Lipinski definition) is 0. The van der Waals surface area contributed by atoms with Crippen molar-refractivity contribution in [3.05, 3.63) is 0 Å². The van der Waals surface area contributed by atoms with Crippen LogP contribution in [0.5, 0.6) is 0 Å². The molecule has 0 radical (unpaired) electrons. The van der Waals surface area contributed by atoms with Crippen LogP contribution in [0, 0.1) is 0 Å². The van der Waals surface area contributed by atoms with Gasteiger partial charge in [-0.3, -0.25) is 4.90 Å². The Bertz CT molecular complexity index is 242. The molecule has 0 bridgehead atoms. The number of rotatable bonds is 13. The predicted molar refractivity (Wildman–Crippen MR) is 107 cm³/mol. The lowest BCUT2D eigenvalue weighted by molar-refractivity contribution is 0.0367. The minimum Gasteiger partial charge on any atom is -0.294 e. The molecule has 0 spiro atoms. The molecule has 0 unspecified atom stereocenters. The van der Waals surface area contributed by atoms with E-state index < -0.39 is 0 Å². The Balaban J connectivity index is 3.54. The third kappa shape index (κ3) is 13.0. The summed E-state index contributed by atoms with van der Waals surface area (Å²) in [5.74, 6) is 0. The lowest BCUT2D eigenvalue weighted by atomic mass is 9.95. The number of unbranched alkanes of at least 4 members (excludes halogenated alkanes) is 11. The molecule has 0 heterocycles. The van der Waals surface area contributed by atoms with Gasteiger partial charge >= 0.3 is 0 Å². The van der Waals surface area contributed by atoms with Crippen molar-refractivity contribution in [2.45, 2.75) is 137 Å². The third-order valence-corrected chi connectivity index (χ3v) is 4.85. The minimum atomic E-state index is 0.274. The summed E-state index contributed by atoms with van der Waals surface area (Å²) in [6, 6.07) is 0. The summed E-state index contributed by atoms with van der Waals surface area (Å²) in [5.41, 5.74) is 0.548. The van der Waals surface area contributed by atoms with Gasteiger partial charge in [0.05, 0.1) is 0 Å². The molecule has 0 rings (SSSR count). The summed E-state index contributed by atoms with van der Waals surface area (Å²) < 4.78 is 0.